The zero-order chi connectivity index (χ0) is 22.0. The number of nitrogens with one attached hydrogen (secondary N) is 1. The number of hydrogen-bond acceptors (Lipinski definition) is 6. The Morgan fingerprint density at radius 2 is 1.74 bits per heavy atom. The summed E-state index contributed by atoms with van der Waals surface area (Å²) in [6.45, 7) is 0. The normalized spacial score (nSPS) is 17.0. The lowest BCUT2D eigenvalue weighted by Gasteiger charge is -2.11. The number of benzene rings is 2. The summed E-state index contributed by atoms with van der Waals surface area (Å²) in [6, 6.07) is 15.4. The molecule has 160 valence electrons. The number of carbonyl (C=O) groups excluding carboxylic acids is 2. The van der Waals surface area contributed by atoms with Gasteiger partial charge in [0.1, 0.15) is 10.6 Å². The van der Waals surface area contributed by atoms with Crippen LogP contribution < -0.4 is 14.8 Å². The van der Waals surface area contributed by atoms with Crippen LogP contribution in [0.3, 0.4) is 0 Å². The van der Waals surface area contributed by atoms with E-state index in [1.807, 2.05) is 41.8 Å². The number of ether oxygens (including phenoxy) is 3. The molecule has 31 heavy (non-hydrogen) atoms. The van der Waals surface area contributed by atoms with E-state index < -0.39 is 5.97 Å². The number of carbonyl (C=O) groups is 2. The van der Waals surface area contributed by atoms with Crippen LogP contribution in [-0.4, -0.2) is 33.2 Å². The minimum absolute atomic E-state index is 0.0836. The number of hydrogen-bond donors (Lipinski definition) is 1. The number of methoxy groups -OCH3 is 3. The van der Waals surface area contributed by atoms with Gasteiger partial charge >= 0.3 is 5.97 Å². The van der Waals surface area contributed by atoms with Crippen molar-refractivity contribution in [2.45, 2.75) is 12.3 Å². The first kappa shape index (κ1) is 20.9. The maximum atomic E-state index is 12.9. The summed E-state index contributed by atoms with van der Waals surface area (Å²) in [5.74, 6) is 0.677. The second kappa shape index (κ2) is 8.81. The monoisotopic (exact) mass is 437 g/mol. The van der Waals surface area contributed by atoms with Gasteiger partial charge in [-0.3, -0.25) is 4.79 Å². The molecule has 1 saturated carbocycles. The summed E-state index contributed by atoms with van der Waals surface area (Å²) in [7, 11) is 4.45. The van der Waals surface area contributed by atoms with Crippen molar-refractivity contribution in [2.24, 2.45) is 5.92 Å². The van der Waals surface area contributed by atoms with Crippen molar-refractivity contribution in [2.75, 3.05) is 26.6 Å². The molecule has 7 heteroatoms. The SMILES string of the molecule is COC(=O)c1c(-c2ccc(OC)c(OC)c2)csc1NC(=O)[C@@H]1C[C@@H]1c1ccccc1. The van der Waals surface area contributed by atoms with Gasteiger partial charge in [0.15, 0.2) is 11.5 Å². The summed E-state index contributed by atoms with van der Waals surface area (Å²) in [6.07, 6.45) is 0.803. The average Bonchev–Trinajstić information content (AvgIpc) is 3.52. The van der Waals surface area contributed by atoms with Crippen LogP contribution in [0, 0.1) is 5.92 Å². The van der Waals surface area contributed by atoms with Crippen molar-refractivity contribution >= 4 is 28.2 Å². The molecule has 1 aliphatic carbocycles. The molecule has 1 aromatic heterocycles. The second-order valence-electron chi connectivity index (χ2n) is 7.26. The summed E-state index contributed by atoms with van der Waals surface area (Å²) < 4.78 is 15.7. The lowest BCUT2D eigenvalue weighted by Crippen LogP contribution is -2.16. The molecule has 0 aliphatic heterocycles. The van der Waals surface area contributed by atoms with Gasteiger partial charge in [0.25, 0.3) is 0 Å². The Bertz CT molecular complexity index is 1110. The van der Waals surface area contributed by atoms with Crippen molar-refractivity contribution < 1.29 is 23.8 Å². The fraction of sp³-hybridized carbons (Fsp3) is 0.250. The van der Waals surface area contributed by atoms with Gasteiger partial charge in [0.05, 0.1) is 21.3 Å². The van der Waals surface area contributed by atoms with E-state index in [1.165, 1.54) is 18.4 Å². The lowest BCUT2D eigenvalue weighted by atomic mass is 10.0. The van der Waals surface area contributed by atoms with Gasteiger partial charge in [-0.25, -0.2) is 4.79 Å². The largest absolute Gasteiger partial charge is 0.493 e. The van der Waals surface area contributed by atoms with Gasteiger partial charge in [0, 0.05) is 16.9 Å². The highest BCUT2D eigenvalue weighted by Gasteiger charge is 2.44. The molecule has 0 radical (unpaired) electrons. The quantitative estimate of drug-likeness (QED) is 0.529. The molecule has 0 bridgehead atoms. The van der Waals surface area contributed by atoms with E-state index in [9.17, 15) is 9.59 Å². The number of thiophene rings is 1. The van der Waals surface area contributed by atoms with E-state index in [4.69, 9.17) is 14.2 Å². The zero-order valence-electron chi connectivity index (χ0n) is 17.5. The molecule has 3 aromatic rings. The van der Waals surface area contributed by atoms with Crippen LogP contribution in [0.1, 0.15) is 28.3 Å². The smallest absolute Gasteiger partial charge is 0.341 e. The first-order valence-electron chi connectivity index (χ1n) is 9.85. The van der Waals surface area contributed by atoms with E-state index in [0.29, 0.717) is 27.6 Å². The molecule has 6 nitrogen and oxygen atoms in total. The minimum Gasteiger partial charge on any atom is -0.493 e. The van der Waals surface area contributed by atoms with Gasteiger partial charge in [-0.1, -0.05) is 36.4 Å². The molecule has 4 rings (SSSR count). The highest BCUT2D eigenvalue weighted by atomic mass is 32.1. The number of anilines is 1. The van der Waals surface area contributed by atoms with Crippen LogP contribution >= 0.6 is 11.3 Å². The van der Waals surface area contributed by atoms with Crippen molar-refractivity contribution in [1.82, 2.24) is 0 Å². The first-order chi connectivity index (χ1) is 15.1. The van der Waals surface area contributed by atoms with E-state index in [2.05, 4.69) is 5.32 Å². The van der Waals surface area contributed by atoms with Gasteiger partial charge in [0.2, 0.25) is 5.91 Å². The molecule has 0 unspecified atom stereocenters. The third-order valence-electron chi connectivity index (χ3n) is 5.47. The number of amides is 1. The van der Waals surface area contributed by atoms with Gasteiger partial charge in [-0.05, 0) is 35.6 Å². The van der Waals surface area contributed by atoms with Crippen molar-refractivity contribution in [1.29, 1.82) is 0 Å². The van der Waals surface area contributed by atoms with E-state index >= 15 is 0 Å². The van der Waals surface area contributed by atoms with Gasteiger partial charge in [-0.2, -0.15) is 0 Å². The standard InChI is InChI=1S/C24H23NO5S/c1-28-19-10-9-15(11-20(19)29-2)18-13-31-23(21(18)24(27)30-3)25-22(26)17-12-16(17)14-7-5-4-6-8-14/h4-11,13,16-17H,12H2,1-3H3,(H,25,26)/t16-,17-/m1/s1. The summed E-state index contributed by atoms with van der Waals surface area (Å²) in [5, 5.41) is 5.28. The Kier molecular flexibility index (Phi) is 5.95. The molecular weight excluding hydrogens is 414 g/mol. The van der Waals surface area contributed by atoms with Crippen LogP contribution in [0.5, 0.6) is 11.5 Å². The molecular formula is C24H23NO5S. The molecule has 2 atom stereocenters. The zero-order valence-corrected chi connectivity index (χ0v) is 18.3. The molecule has 1 amide bonds. The van der Waals surface area contributed by atoms with Crippen LogP contribution in [0.4, 0.5) is 5.00 Å². The van der Waals surface area contributed by atoms with E-state index in [1.54, 1.807) is 26.4 Å². The fourth-order valence-electron chi connectivity index (χ4n) is 3.73. The molecule has 0 saturated heterocycles. The molecule has 1 N–H and O–H groups in total. The lowest BCUT2D eigenvalue weighted by molar-refractivity contribution is -0.117. The molecule has 0 spiro atoms. The van der Waals surface area contributed by atoms with E-state index in [0.717, 1.165) is 17.5 Å². The predicted molar refractivity (Wildman–Crippen MR) is 120 cm³/mol. The highest BCUT2D eigenvalue weighted by Crippen LogP contribution is 2.48. The van der Waals surface area contributed by atoms with Crippen LogP contribution in [0.25, 0.3) is 11.1 Å². The Balaban J connectivity index is 1.60. The first-order valence-corrected chi connectivity index (χ1v) is 10.7. The molecule has 2 aromatic carbocycles. The summed E-state index contributed by atoms with van der Waals surface area (Å²) in [4.78, 5) is 25.5. The number of esters is 1. The topological polar surface area (TPSA) is 73.9 Å². The van der Waals surface area contributed by atoms with Crippen molar-refractivity contribution in [3.05, 3.63) is 65.0 Å². The molecule has 1 aliphatic rings. The third-order valence-corrected chi connectivity index (χ3v) is 6.36. The highest BCUT2D eigenvalue weighted by molar-refractivity contribution is 7.15. The van der Waals surface area contributed by atoms with Crippen LogP contribution in [-0.2, 0) is 9.53 Å². The van der Waals surface area contributed by atoms with E-state index in [-0.39, 0.29) is 17.7 Å². The third kappa shape index (κ3) is 4.14. The van der Waals surface area contributed by atoms with Gasteiger partial charge in [-0.15, -0.1) is 11.3 Å². The number of rotatable bonds is 7. The van der Waals surface area contributed by atoms with Gasteiger partial charge < -0.3 is 19.5 Å². The van der Waals surface area contributed by atoms with Crippen molar-refractivity contribution in [3.8, 4) is 22.6 Å². The predicted octanol–water partition coefficient (Wildman–Crippen LogP) is 4.96. The maximum absolute atomic E-state index is 12.9. The Morgan fingerprint density at radius 3 is 2.42 bits per heavy atom. The average molecular weight is 438 g/mol. The Labute approximate surface area is 184 Å². The maximum Gasteiger partial charge on any atom is 0.341 e. The molecule has 1 fully saturated rings. The Hall–Kier alpha value is -3.32. The van der Waals surface area contributed by atoms with Crippen molar-refractivity contribution in [3.63, 3.8) is 0 Å². The second-order valence-corrected chi connectivity index (χ2v) is 8.14. The minimum atomic E-state index is -0.503. The molecule has 1 heterocycles. The van der Waals surface area contributed by atoms with Crippen LogP contribution in [0.15, 0.2) is 53.9 Å². The fourth-order valence-corrected chi connectivity index (χ4v) is 4.69. The summed E-state index contributed by atoms with van der Waals surface area (Å²) >= 11 is 1.30. The van der Waals surface area contributed by atoms with Crippen LogP contribution in [0.2, 0.25) is 0 Å². The Morgan fingerprint density at radius 1 is 1.00 bits per heavy atom. The summed E-state index contributed by atoms with van der Waals surface area (Å²) in [5.41, 5.74) is 2.94.